The number of carboxylic acid groups (broad SMARTS) is 1. The number of aliphatic carboxylic acids is 1. The van der Waals surface area contributed by atoms with Crippen LogP contribution in [0.25, 0.3) is 0 Å². The first-order valence-corrected chi connectivity index (χ1v) is 5.53. The summed E-state index contributed by atoms with van der Waals surface area (Å²) >= 11 is 0. The van der Waals surface area contributed by atoms with E-state index in [1.54, 1.807) is 6.20 Å². The Kier molecular flexibility index (Phi) is 3.96. The number of nitrogens with zero attached hydrogens (tertiary/aromatic N) is 1. The van der Waals surface area contributed by atoms with Gasteiger partial charge in [-0.1, -0.05) is 16.9 Å². The maximum atomic E-state index is 10.1. The van der Waals surface area contributed by atoms with Gasteiger partial charge in [0.15, 0.2) is 0 Å². The van der Waals surface area contributed by atoms with Crippen LogP contribution in [0.15, 0.2) is 29.4 Å². The molecule has 0 radical (unpaired) electrons. The summed E-state index contributed by atoms with van der Waals surface area (Å²) in [6.45, 7) is 0. The molecule has 0 aliphatic heterocycles. The molecule has 1 rings (SSSR count). The summed E-state index contributed by atoms with van der Waals surface area (Å²) in [5.74, 6) is -0.704. The molecule has 0 aliphatic rings. The van der Waals surface area contributed by atoms with Crippen molar-refractivity contribution in [3.63, 3.8) is 0 Å². The highest BCUT2D eigenvalue weighted by atomic mass is 33.1. The van der Waals surface area contributed by atoms with Crippen molar-refractivity contribution in [1.29, 1.82) is 0 Å². The third-order valence-electron chi connectivity index (χ3n) is 0.964. The highest BCUT2D eigenvalue weighted by Gasteiger charge is 1.98. The lowest BCUT2D eigenvalue weighted by Gasteiger charge is -1.95. The van der Waals surface area contributed by atoms with E-state index < -0.39 is 5.97 Å². The van der Waals surface area contributed by atoms with Gasteiger partial charge in [0.05, 0.1) is 0 Å². The minimum absolute atomic E-state index is 0.0985. The standard InChI is InChI=1S/C7H7NO2S2/c9-7(10)5-11-12-6-3-1-2-4-8-6/h1-4H,5H2,(H,9,10). The third kappa shape index (κ3) is 3.64. The van der Waals surface area contributed by atoms with Crippen molar-refractivity contribution in [3.8, 4) is 0 Å². The van der Waals surface area contributed by atoms with Crippen LogP contribution in [-0.4, -0.2) is 21.8 Å². The predicted molar refractivity (Wildman–Crippen MR) is 50.2 cm³/mol. The lowest BCUT2D eigenvalue weighted by Crippen LogP contribution is -1.95. The summed E-state index contributed by atoms with van der Waals surface area (Å²) in [4.78, 5) is 14.2. The summed E-state index contributed by atoms with van der Waals surface area (Å²) in [6, 6.07) is 5.54. The molecule has 12 heavy (non-hydrogen) atoms. The first kappa shape index (κ1) is 9.41. The van der Waals surface area contributed by atoms with Crippen LogP contribution in [0.4, 0.5) is 0 Å². The van der Waals surface area contributed by atoms with Crippen LogP contribution in [0.3, 0.4) is 0 Å². The number of rotatable bonds is 4. The second-order valence-electron chi connectivity index (χ2n) is 1.91. The molecule has 1 aromatic heterocycles. The van der Waals surface area contributed by atoms with E-state index in [1.165, 1.54) is 21.6 Å². The molecule has 0 fully saturated rings. The second kappa shape index (κ2) is 5.05. The molecule has 0 amide bonds. The van der Waals surface area contributed by atoms with Crippen molar-refractivity contribution < 1.29 is 9.90 Å². The molecular weight excluding hydrogens is 194 g/mol. The van der Waals surface area contributed by atoms with Crippen molar-refractivity contribution in [1.82, 2.24) is 4.98 Å². The number of pyridine rings is 1. The molecule has 0 aliphatic carbocycles. The smallest absolute Gasteiger partial charge is 0.314 e. The average molecular weight is 201 g/mol. The Labute approximate surface area is 78.0 Å². The molecule has 1 N–H and O–H groups in total. The van der Waals surface area contributed by atoms with Crippen molar-refractivity contribution in [2.75, 3.05) is 5.75 Å². The fourth-order valence-electron chi connectivity index (χ4n) is 0.537. The lowest BCUT2D eigenvalue weighted by atomic mass is 10.5. The van der Waals surface area contributed by atoms with Crippen molar-refractivity contribution >= 4 is 27.6 Å². The van der Waals surface area contributed by atoms with E-state index in [0.717, 1.165) is 5.03 Å². The maximum absolute atomic E-state index is 10.1. The lowest BCUT2D eigenvalue weighted by molar-refractivity contribution is -0.133. The first-order valence-electron chi connectivity index (χ1n) is 3.21. The average Bonchev–Trinajstić information content (AvgIpc) is 2.05. The molecule has 5 heteroatoms. The van der Waals surface area contributed by atoms with Gasteiger partial charge >= 0.3 is 5.97 Å². The van der Waals surface area contributed by atoms with E-state index in [1.807, 2.05) is 18.2 Å². The van der Waals surface area contributed by atoms with E-state index in [2.05, 4.69) is 4.98 Å². The van der Waals surface area contributed by atoms with Crippen molar-refractivity contribution in [2.24, 2.45) is 0 Å². The number of hydrogen-bond acceptors (Lipinski definition) is 4. The van der Waals surface area contributed by atoms with Crippen LogP contribution in [-0.2, 0) is 4.79 Å². The third-order valence-corrected chi connectivity index (χ3v) is 3.08. The van der Waals surface area contributed by atoms with Gasteiger partial charge in [0, 0.05) is 6.20 Å². The number of carboxylic acids is 1. The minimum Gasteiger partial charge on any atom is -0.481 e. The molecule has 0 spiro atoms. The quantitative estimate of drug-likeness (QED) is 0.754. The van der Waals surface area contributed by atoms with E-state index in [9.17, 15) is 4.79 Å². The monoisotopic (exact) mass is 201 g/mol. The van der Waals surface area contributed by atoms with Crippen LogP contribution in [0, 0.1) is 0 Å². The summed E-state index contributed by atoms with van der Waals surface area (Å²) in [7, 11) is 2.64. The Morgan fingerprint density at radius 3 is 3.00 bits per heavy atom. The van der Waals surface area contributed by atoms with Crippen LogP contribution >= 0.6 is 21.6 Å². The normalized spacial score (nSPS) is 9.67. The molecule has 0 saturated carbocycles. The molecule has 0 saturated heterocycles. The van der Waals surface area contributed by atoms with Crippen LogP contribution in [0.1, 0.15) is 0 Å². The summed E-state index contributed by atoms with van der Waals surface area (Å²) in [6.07, 6.45) is 1.68. The second-order valence-corrected chi connectivity index (χ2v) is 4.22. The molecule has 0 bridgehead atoms. The molecule has 0 unspecified atom stereocenters. The van der Waals surface area contributed by atoms with Gasteiger partial charge in [0.1, 0.15) is 10.8 Å². The molecule has 0 atom stereocenters. The van der Waals surface area contributed by atoms with Gasteiger partial charge in [-0.05, 0) is 22.9 Å². The van der Waals surface area contributed by atoms with Crippen LogP contribution < -0.4 is 0 Å². The van der Waals surface area contributed by atoms with E-state index in [4.69, 9.17) is 5.11 Å². The maximum Gasteiger partial charge on any atom is 0.314 e. The van der Waals surface area contributed by atoms with Crippen LogP contribution in [0.5, 0.6) is 0 Å². The molecule has 3 nitrogen and oxygen atoms in total. The number of hydrogen-bond donors (Lipinski definition) is 1. The van der Waals surface area contributed by atoms with E-state index in [0.29, 0.717) is 0 Å². The fourth-order valence-corrected chi connectivity index (χ4v) is 2.19. The predicted octanol–water partition coefficient (Wildman–Crippen LogP) is 1.91. The van der Waals surface area contributed by atoms with Crippen molar-refractivity contribution in [3.05, 3.63) is 24.4 Å². The highest BCUT2D eigenvalue weighted by Crippen LogP contribution is 2.28. The number of carbonyl (C=O) groups is 1. The van der Waals surface area contributed by atoms with Gasteiger partial charge < -0.3 is 5.11 Å². The Bertz CT molecular complexity index is 253. The topological polar surface area (TPSA) is 50.2 Å². The largest absolute Gasteiger partial charge is 0.481 e. The molecule has 1 aromatic rings. The SMILES string of the molecule is O=C(O)CSSc1ccccn1. The van der Waals surface area contributed by atoms with Gasteiger partial charge in [0.2, 0.25) is 0 Å². The van der Waals surface area contributed by atoms with E-state index >= 15 is 0 Å². The zero-order valence-electron chi connectivity index (χ0n) is 6.14. The number of aromatic nitrogens is 1. The Morgan fingerprint density at radius 1 is 1.58 bits per heavy atom. The van der Waals surface area contributed by atoms with Crippen LogP contribution in [0.2, 0.25) is 0 Å². The molecule has 64 valence electrons. The Morgan fingerprint density at radius 2 is 2.42 bits per heavy atom. The van der Waals surface area contributed by atoms with E-state index in [-0.39, 0.29) is 5.75 Å². The molecule has 1 heterocycles. The first-order chi connectivity index (χ1) is 5.79. The zero-order chi connectivity index (χ0) is 8.81. The minimum atomic E-state index is -0.802. The summed E-state index contributed by atoms with van der Waals surface area (Å²) in [5.41, 5.74) is 0. The Hall–Kier alpha value is -0.680. The molecular formula is C7H7NO2S2. The van der Waals surface area contributed by atoms with Gasteiger partial charge in [-0.15, -0.1) is 0 Å². The summed E-state index contributed by atoms with van der Waals surface area (Å²) in [5, 5.41) is 9.17. The van der Waals surface area contributed by atoms with Crippen molar-refractivity contribution in [2.45, 2.75) is 5.03 Å². The molecule has 0 aromatic carbocycles. The van der Waals surface area contributed by atoms with Gasteiger partial charge in [0.25, 0.3) is 0 Å². The Balaban J connectivity index is 2.29. The zero-order valence-corrected chi connectivity index (χ0v) is 7.77. The summed E-state index contributed by atoms with van der Waals surface area (Å²) < 4.78 is 0. The van der Waals surface area contributed by atoms with Gasteiger partial charge in [-0.2, -0.15) is 0 Å². The fraction of sp³-hybridized carbons (Fsp3) is 0.143. The highest BCUT2D eigenvalue weighted by molar-refractivity contribution is 8.76. The van der Waals surface area contributed by atoms with Gasteiger partial charge in [-0.3, -0.25) is 4.79 Å². The van der Waals surface area contributed by atoms with Gasteiger partial charge in [-0.25, -0.2) is 4.98 Å².